The van der Waals surface area contributed by atoms with Crippen molar-refractivity contribution in [1.29, 1.82) is 0 Å². The van der Waals surface area contributed by atoms with Gasteiger partial charge in [-0.3, -0.25) is 4.79 Å². The van der Waals surface area contributed by atoms with E-state index in [-0.39, 0.29) is 29.3 Å². The Balaban J connectivity index is 1.87. The van der Waals surface area contributed by atoms with Crippen LogP contribution in [-0.4, -0.2) is 56.4 Å². The number of carbonyl (C=O) groups excluding carboxylic acids is 1. The Kier molecular flexibility index (Phi) is 9.74. The van der Waals surface area contributed by atoms with Crippen LogP contribution in [0.3, 0.4) is 0 Å². The highest BCUT2D eigenvalue weighted by molar-refractivity contribution is 7.89. The van der Waals surface area contributed by atoms with Gasteiger partial charge in [0.25, 0.3) is 0 Å². The fourth-order valence-electron chi connectivity index (χ4n) is 4.34. The standard InChI is InChI=1S/C31H42N2O6S/c1-30(2,3)24-12-14-26(15-13-24)40(35,36)33(31(4,5)6)22-29(34)32(21-25-10-9-19-39-25)18-17-23-11-16-27(37-7)28(20-23)38-8/h9-16,19-20H,17-18,21-22H2,1-8H3. The SMILES string of the molecule is COc1ccc(CCN(Cc2ccco2)C(=O)CN(C(C)(C)C)S(=O)(=O)c2ccc(C(C)(C)C)cc2)cc1OC. The molecule has 0 aliphatic carbocycles. The molecule has 0 saturated carbocycles. The molecule has 1 amide bonds. The molecule has 2 aromatic carbocycles. The minimum absolute atomic E-state index is 0.109. The number of amides is 1. The van der Waals surface area contributed by atoms with Gasteiger partial charge in [-0.05, 0) is 80.1 Å². The Hall–Kier alpha value is -3.30. The molecule has 0 atom stereocenters. The number of furan rings is 1. The van der Waals surface area contributed by atoms with Crippen LogP contribution in [0.4, 0.5) is 0 Å². The van der Waals surface area contributed by atoms with E-state index in [1.807, 2.05) is 30.3 Å². The maximum Gasteiger partial charge on any atom is 0.244 e. The monoisotopic (exact) mass is 570 g/mol. The molecule has 0 bridgehead atoms. The van der Waals surface area contributed by atoms with E-state index in [0.717, 1.165) is 11.1 Å². The molecule has 0 unspecified atom stereocenters. The molecule has 1 aromatic heterocycles. The van der Waals surface area contributed by atoms with E-state index >= 15 is 0 Å². The zero-order chi connectivity index (χ0) is 29.7. The van der Waals surface area contributed by atoms with Crippen LogP contribution in [0.25, 0.3) is 0 Å². The van der Waals surface area contributed by atoms with Crippen LogP contribution >= 0.6 is 0 Å². The average molecular weight is 571 g/mol. The van der Waals surface area contributed by atoms with Crippen LogP contribution in [0, 0.1) is 0 Å². The van der Waals surface area contributed by atoms with Crippen LogP contribution in [0.5, 0.6) is 11.5 Å². The van der Waals surface area contributed by atoms with E-state index in [2.05, 4.69) is 20.8 Å². The number of rotatable bonds is 11. The van der Waals surface area contributed by atoms with Crippen molar-refractivity contribution in [2.45, 2.75) is 70.4 Å². The van der Waals surface area contributed by atoms with E-state index < -0.39 is 15.6 Å². The van der Waals surface area contributed by atoms with Crippen LogP contribution in [0.1, 0.15) is 58.4 Å². The van der Waals surface area contributed by atoms with Gasteiger partial charge >= 0.3 is 0 Å². The highest BCUT2D eigenvalue weighted by Crippen LogP contribution is 2.29. The van der Waals surface area contributed by atoms with Crippen molar-refractivity contribution in [3.63, 3.8) is 0 Å². The number of sulfonamides is 1. The van der Waals surface area contributed by atoms with Crippen molar-refractivity contribution in [2.24, 2.45) is 0 Å². The molecule has 0 fully saturated rings. The third kappa shape index (κ3) is 7.67. The highest BCUT2D eigenvalue weighted by Gasteiger charge is 2.37. The molecule has 0 aliphatic rings. The number of methoxy groups -OCH3 is 2. The predicted molar refractivity (Wildman–Crippen MR) is 156 cm³/mol. The van der Waals surface area contributed by atoms with Crippen LogP contribution < -0.4 is 9.47 Å². The van der Waals surface area contributed by atoms with Crippen molar-refractivity contribution >= 4 is 15.9 Å². The zero-order valence-corrected chi connectivity index (χ0v) is 25.7. The molecule has 3 aromatic rings. The van der Waals surface area contributed by atoms with Crippen molar-refractivity contribution in [3.05, 3.63) is 77.7 Å². The van der Waals surface area contributed by atoms with Crippen LogP contribution in [0.2, 0.25) is 0 Å². The van der Waals surface area contributed by atoms with Gasteiger partial charge < -0.3 is 18.8 Å². The third-order valence-electron chi connectivity index (χ3n) is 6.73. The quantitative estimate of drug-likeness (QED) is 0.296. The van der Waals surface area contributed by atoms with Gasteiger partial charge in [-0.25, -0.2) is 8.42 Å². The summed E-state index contributed by atoms with van der Waals surface area (Å²) >= 11 is 0. The van der Waals surface area contributed by atoms with Crippen molar-refractivity contribution in [3.8, 4) is 11.5 Å². The van der Waals surface area contributed by atoms with Gasteiger partial charge in [0.15, 0.2) is 11.5 Å². The number of hydrogen-bond donors (Lipinski definition) is 0. The summed E-state index contributed by atoms with van der Waals surface area (Å²) in [6, 6.07) is 16.1. The van der Waals surface area contributed by atoms with Gasteiger partial charge in [0, 0.05) is 12.1 Å². The second-order valence-corrected chi connectivity index (χ2v) is 13.7. The molecule has 1 heterocycles. The van der Waals surface area contributed by atoms with Gasteiger partial charge in [-0.15, -0.1) is 0 Å². The first-order valence-corrected chi connectivity index (χ1v) is 14.8. The Bertz CT molecular complexity index is 1370. The summed E-state index contributed by atoms with van der Waals surface area (Å²) in [7, 11) is -0.809. The average Bonchev–Trinajstić information content (AvgIpc) is 3.41. The van der Waals surface area contributed by atoms with Gasteiger partial charge in [0.2, 0.25) is 15.9 Å². The Morgan fingerprint density at radius 2 is 1.55 bits per heavy atom. The molecule has 9 heteroatoms. The molecule has 8 nitrogen and oxygen atoms in total. The normalized spacial score (nSPS) is 12.4. The maximum atomic E-state index is 13.8. The highest BCUT2D eigenvalue weighted by atomic mass is 32.2. The van der Waals surface area contributed by atoms with Crippen molar-refractivity contribution < 1.29 is 27.1 Å². The molecule has 0 radical (unpaired) electrons. The summed E-state index contributed by atoms with van der Waals surface area (Å²) in [5, 5.41) is 0. The number of nitrogens with zero attached hydrogens (tertiary/aromatic N) is 2. The Morgan fingerprint density at radius 1 is 0.900 bits per heavy atom. The number of carbonyl (C=O) groups is 1. The zero-order valence-electron chi connectivity index (χ0n) is 24.9. The van der Waals surface area contributed by atoms with Gasteiger partial charge in [0.05, 0.1) is 38.5 Å². The lowest BCUT2D eigenvalue weighted by Gasteiger charge is -2.35. The largest absolute Gasteiger partial charge is 0.493 e. The third-order valence-corrected chi connectivity index (χ3v) is 8.86. The molecular weight excluding hydrogens is 528 g/mol. The summed E-state index contributed by atoms with van der Waals surface area (Å²) in [4.78, 5) is 15.6. The van der Waals surface area contributed by atoms with Crippen molar-refractivity contribution in [2.75, 3.05) is 27.3 Å². The predicted octanol–water partition coefficient (Wildman–Crippen LogP) is 5.66. The van der Waals surface area contributed by atoms with E-state index in [4.69, 9.17) is 13.9 Å². The summed E-state index contributed by atoms with van der Waals surface area (Å²) in [5.74, 6) is 1.52. The van der Waals surface area contributed by atoms with Gasteiger partial charge in [0.1, 0.15) is 5.76 Å². The number of hydrogen-bond acceptors (Lipinski definition) is 6. The molecule has 0 saturated heterocycles. The summed E-state index contributed by atoms with van der Waals surface area (Å²) in [6.07, 6.45) is 2.09. The van der Waals surface area contributed by atoms with Gasteiger partial charge in [-0.1, -0.05) is 39.0 Å². The number of ether oxygens (including phenoxy) is 2. The topological polar surface area (TPSA) is 89.3 Å². The summed E-state index contributed by atoms with van der Waals surface area (Å²) < 4.78 is 45.2. The van der Waals surface area contributed by atoms with Gasteiger partial charge in [-0.2, -0.15) is 4.31 Å². The van der Waals surface area contributed by atoms with Crippen molar-refractivity contribution in [1.82, 2.24) is 9.21 Å². The maximum absolute atomic E-state index is 13.8. The summed E-state index contributed by atoms with van der Waals surface area (Å²) in [6.45, 7) is 11.9. The molecule has 0 N–H and O–H groups in total. The second-order valence-electron chi connectivity index (χ2n) is 11.8. The Morgan fingerprint density at radius 3 is 2.08 bits per heavy atom. The minimum Gasteiger partial charge on any atom is -0.493 e. The van der Waals surface area contributed by atoms with E-state index in [1.54, 1.807) is 70.4 Å². The second kappa shape index (κ2) is 12.5. The van der Waals surface area contributed by atoms with E-state index in [9.17, 15) is 13.2 Å². The van der Waals surface area contributed by atoms with E-state index in [0.29, 0.717) is 30.2 Å². The first-order valence-electron chi connectivity index (χ1n) is 13.3. The molecule has 40 heavy (non-hydrogen) atoms. The number of benzene rings is 2. The van der Waals surface area contributed by atoms with Crippen LogP contribution in [0.15, 0.2) is 70.2 Å². The fourth-order valence-corrected chi connectivity index (χ4v) is 6.08. The van der Waals surface area contributed by atoms with Crippen LogP contribution in [-0.2, 0) is 33.2 Å². The first-order chi connectivity index (χ1) is 18.7. The minimum atomic E-state index is -3.96. The fraction of sp³-hybridized carbons (Fsp3) is 0.452. The summed E-state index contributed by atoms with van der Waals surface area (Å²) in [5.41, 5.74) is 1.04. The molecule has 0 aliphatic heterocycles. The smallest absolute Gasteiger partial charge is 0.244 e. The van der Waals surface area contributed by atoms with E-state index in [1.165, 1.54) is 4.31 Å². The lowest BCUT2D eigenvalue weighted by molar-refractivity contribution is -0.133. The first kappa shape index (κ1) is 31.2. The molecular formula is C31H42N2O6S. The Labute approximate surface area is 238 Å². The molecule has 218 valence electrons. The molecule has 3 rings (SSSR count). The lowest BCUT2D eigenvalue weighted by Crippen LogP contribution is -2.51. The molecule has 0 spiro atoms. The lowest BCUT2D eigenvalue weighted by atomic mass is 9.87.